The van der Waals surface area contributed by atoms with E-state index < -0.39 is 0 Å². The standard InChI is InChI=1S/C22H35NO2/c1-14(23-25)12-15-5-7-19-18-6-4-16-13-17(24)8-10-21(16,2)20(18)9-11-22(15,19)3/h4,15,17-20,24-25H,5-13H2,1-3H3/b23-14+/t15-,17+,18+,19+,20+,21+,22-/m1/s1. The van der Waals surface area contributed by atoms with E-state index in [2.05, 4.69) is 25.1 Å². The van der Waals surface area contributed by atoms with Gasteiger partial charge in [-0.2, -0.15) is 0 Å². The third-order valence-corrected chi connectivity index (χ3v) is 8.99. The molecule has 4 aliphatic carbocycles. The second-order valence-electron chi connectivity index (χ2n) is 10.0. The van der Waals surface area contributed by atoms with Crippen LogP contribution in [0.2, 0.25) is 0 Å². The van der Waals surface area contributed by atoms with Crippen molar-refractivity contribution in [2.75, 3.05) is 0 Å². The number of rotatable bonds is 2. The molecule has 4 aliphatic rings. The predicted molar refractivity (Wildman–Crippen MR) is 101 cm³/mol. The third kappa shape index (κ3) is 2.60. The fourth-order valence-electron chi connectivity index (χ4n) is 7.48. The first-order valence-corrected chi connectivity index (χ1v) is 10.4. The molecule has 4 rings (SSSR count). The Morgan fingerprint density at radius 3 is 2.72 bits per heavy atom. The summed E-state index contributed by atoms with van der Waals surface area (Å²) in [5, 5.41) is 22.7. The predicted octanol–water partition coefficient (Wildman–Crippen LogP) is 5.17. The molecule has 3 heteroatoms. The average Bonchev–Trinajstić information content (AvgIpc) is 2.92. The minimum atomic E-state index is -0.110. The van der Waals surface area contributed by atoms with E-state index >= 15 is 0 Å². The molecule has 0 amide bonds. The van der Waals surface area contributed by atoms with Crippen LogP contribution in [0.3, 0.4) is 0 Å². The molecule has 0 aromatic rings. The minimum absolute atomic E-state index is 0.110. The maximum atomic E-state index is 10.1. The monoisotopic (exact) mass is 345 g/mol. The summed E-state index contributed by atoms with van der Waals surface area (Å²) in [7, 11) is 0. The van der Waals surface area contributed by atoms with E-state index in [9.17, 15) is 5.11 Å². The molecule has 0 aliphatic heterocycles. The zero-order valence-electron chi connectivity index (χ0n) is 16.2. The first-order valence-electron chi connectivity index (χ1n) is 10.4. The summed E-state index contributed by atoms with van der Waals surface area (Å²) in [5.74, 6) is 3.13. The normalized spacial score (nSPS) is 49.8. The lowest BCUT2D eigenvalue weighted by molar-refractivity contribution is -0.0488. The summed E-state index contributed by atoms with van der Waals surface area (Å²) in [6.07, 6.45) is 13.0. The topological polar surface area (TPSA) is 52.8 Å². The van der Waals surface area contributed by atoms with Gasteiger partial charge in [0.1, 0.15) is 0 Å². The third-order valence-electron chi connectivity index (χ3n) is 8.99. The van der Waals surface area contributed by atoms with Gasteiger partial charge in [0.25, 0.3) is 0 Å². The van der Waals surface area contributed by atoms with Gasteiger partial charge in [0.05, 0.1) is 11.8 Å². The molecular formula is C22H35NO2. The Morgan fingerprint density at radius 2 is 1.96 bits per heavy atom. The molecular weight excluding hydrogens is 310 g/mol. The van der Waals surface area contributed by atoms with Crippen LogP contribution in [-0.4, -0.2) is 22.1 Å². The van der Waals surface area contributed by atoms with E-state index in [1.165, 1.54) is 38.5 Å². The van der Waals surface area contributed by atoms with E-state index in [4.69, 9.17) is 5.21 Å². The highest BCUT2D eigenvalue weighted by molar-refractivity contribution is 5.81. The molecule has 2 N–H and O–H groups in total. The Labute approximate surface area is 152 Å². The second-order valence-corrected chi connectivity index (χ2v) is 10.0. The molecule has 3 saturated carbocycles. The quantitative estimate of drug-likeness (QED) is 0.314. The molecule has 0 bridgehead atoms. The van der Waals surface area contributed by atoms with Gasteiger partial charge < -0.3 is 10.3 Å². The van der Waals surface area contributed by atoms with Crippen LogP contribution in [0, 0.1) is 34.5 Å². The van der Waals surface area contributed by atoms with Gasteiger partial charge in [-0.15, -0.1) is 0 Å². The Balaban J connectivity index is 1.60. The first kappa shape index (κ1) is 17.6. The van der Waals surface area contributed by atoms with Gasteiger partial charge in [0.15, 0.2) is 0 Å². The van der Waals surface area contributed by atoms with Crippen molar-refractivity contribution in [3.8, 4) is 0 Å². The first-order chi connectivity index (χ1) is 11.9. The van der Waals surface area contributed by atoms with Gasteiger partial charge in [-0.3, -0.25) is 0 Å². The van der Waals surface area contributed by atoms with Gasteiger partial charge in [0, 0.05) is 0 Å². The van der Waals surface area contributed by atoms with E-state index in [0.29, 0.717) is 16.7 Å². The lowest BCUT2D eigenvalue weighted by atomic mass is 9.47. The highest BCUT2D eigenvalue weighted by atomic mass is 16.4. The zero-order chi connectivity index (χ0) is 17.8. The maximum Gasteiger partial charge on any atom is 0.0577 e. The van der Waals surface area contributed by atoms with Crippen LogP contribution < -0.4 is 0 Å². The van der Waals surface area contributed by atoms with Gasteiger partial charge in [-0.05, 0) is 99.2 Å². The molecule has 3 fully saturated rings. The van der Waals surface area contributed by atoms with Crippen LogP contribution in [-0.2, 0) is 0 Å². The van der Waals surface area contributed by atoms with Crippen LogP contribution in [0.15, 0.2) is 16.8 Å². The molecule has 0 radical (unpaired) electrons. The summed E-state index contributed by atoms with van der Waals surface area (Å²) in [4.78, 5) is 0. The van der Waals surface area contributed by atoms with Crippen molar-refractivity contribution in [2.45, 2.75) is 84.7 Å². The number of aliphatic hydroxyl groups excluding tert-OH is 1. The summed E-state index contributed by atoms with van der Waals surface area (Å²) in [5.41, 5.74) is 3.22. The van der Waals surface area contributed by atoms with E-state index in [-0.39, 0.29) is 6.10 Å². The fourth-order valence-corrected chi connectivity index (χ4v) is 7.48. The van der Waals surface area contributed by atoms with E-state index in [1.54, 1.807) is 5.57 Å². The van der Waals surface area contributed by atoms with Gasteiger partial charge in [0.2, 0.25) is 0 Å². The molecule has 0 heterocycles. The van der Waals surface area contributed by atoms with Crippen molar-refractivity contribution in [1.29, 1.82) is 0 Å². The lowest BCUT2D eigenvalue weighted by Crippen LogP contribution is -2.50. The lowest BCUT2D eigenvalue weighted by Gasteiger charge is -2.58. The van der Waals surface area contributed by atoms with Crippen molar-refractivity contribution in [1.82, 2.24) is 0 Å². The fraction of sp³-hybridized carbons (Fsp3) is 0.864. The number of oxime groups is 1. The Morgan fingerprint density at radius 1 is 1.16 bits per heavy atom. The Hall–Kier alpha value is -0.830. The van der Waals surface area contributed by atoms with E-state index in [0.717, 1.165) is 42.7 Å². The second kappa shape index (κ2) is 6.11. The Kier molecular flexibility index (Phi) is 4.30. The summed E-state index contributed by atoms with van der Waals surface area (Å²) >= 11 is 0. The molecule has 0 saturated heterocycles. The van der Waals surface area contributed by atoms with Crippen LogP contribution in [0.25, 0.3) is 0 Å². The van der Waals surface area contributed by atoms with Crippen LogP contribution in [0.4, 0.5) is 0 Å². The van der Waals surface area contributed by atoms with Gasteiger partial charge in [-0.25, -0.2) is 0 Å². The SMILES string of the molecule is C/C(C[C@H]1CC[C@H]2[C@@H]3CC=C4C[C@@H](O)CC[C@]4(C)[C@H]3CC[C@]12C)=N\O. The van der Waals surface area contributed by atoms with Crippen molar-refractivity contribution < 1.29 is 10.3 Å². The largest absolute Gasteiger partial charge is 0.411 e. The molecule has 0 spiro atoms. The van der Waals surface area contributed by atoms with Crippen molar-refractivity contribution in [3.05, 3.63) is 11.6 Å². The van der Waals surface area contributed by atoms with Gasteiger partial charge >= 0.3 is 0 Å². The zero-order valence-corrected chi connectivity index (χ0v) is 16.2. The summed E-state index contributed by atoms with van der Waals surface area (Å²) < 4.78 is 0. The summed E-state index contributed by atoms with van der Waals surface area (Å²) in [6.45, 7) is 6.99. The Bertz CT molecular complexity index is 597. The van der Waals surface area contributed by atoms with Crippen molar-refractivity contribution in [3.63, 3.8) is 0 Å². The highest BCUT2D eigenvalue weighted by Gasteiger charge is 2.58. The average molecular weight is 346 g/mol. The number of nitrogens with zero attached hydrogens (tertiary/aromatic N) is 1. The number of aliphatic hydroxyl groups is 1. The molecule has 7 atom stereocenters. The minimum Gasteiger partial charge on any atom is -0.411 e. The van der Waals surface area contributed by atoms with Crippen molar-refractivity contribution >= 4 is 5.71 Å². The van der Waals surface area contributed by atoms with Gasteiger partial charge in [-0.1, -0.05) is 30.7 Å². The van der Waals surface area contributed by atoms with E-state index in [1.807, 2.05) is 6.92 Å². The molecule has 0 aromatic carbocycles. The highest BCUT2D eigenvalue weighted by Crippen LogP contribution is 2.66. The number of fused-ring (bicyclic) bond motifs is 5. The smallest absolute Gasteiger partial charge is 0.0577 e. The molecule has 140 valence electrons. The summed E-state index contributed by atoms with van der Waals surface area (Å²) in [6, 6.07) is 0. The van der Waals surface area contributed by atoms with Crippen LogP contribution in [0.5, 0.6) is 0 Å². The maximum absolute atomic E-state index is 10.1. The number of hydrogen-bond acceptors (Lipinski definition) is 3. The molecule has 0 unspecified atom stereocenters. The molecule has 3 nitrogen and oxygen atoms in total. The number of hydrogen-bond donors (Lipinski definition) is 2. The van der Waals surface area contributed by atoms with Crippen LogP contribution >= 0.6 is 0 Å². The van der Waals surface area contributed by atoms with Crippen molar-refractivity contribution in [2.24, 2.45) is 39.7 Å². The molecule has 25 heavy (non-hydrogen) atoms. The number of allylic oxidation sites excluding steroid dienone is 1. The molecule has 0 aromatic heterocycles. The van der Waals surface area contributed by atoms with Crippen LogP contribution in [0.1, 0.15) is 78.6 Å².